The molecule has 1 saturated heterocycles. The smallest absolute Gasteiger partial charge is 0.0129 e. The van der Waals surface area contributed by atoms with Gasteiger partial charge in [-0.3, -0.25) is 4.90 Å². The summed E-state index contributed by atoms with van der Waals surface area (Å²) in [6, 6.07) is 1.66. The monoisotopic (exact) mass is 211 g/mol. The second-order valence-electron chi connectivity index (χ2n) is 5.24. The van der Waals surface area contributed by atoms with Crippen molar-refractivity contribution in [2.45, 2.75) is 72.4 Å². The molecule has 0 aliphatic carbocycles. The Morgan fingerprint density at radius 1 is 0.933 bits per heavy atom. The number of rotatable bonds is 5. The second kappa shape index (κ2) is 5.89. The van der Waals surface area contributed by atoms with Gasteiger partial charge in [0.2, 0.25) is 0 Å². The summed E-state index contributed by atoms with van der Waals surface area (Å²) < 4.78 is 0. The van der Waals surface area contributed by atoms with E-state index in [2.05, 4.69) is 39.5 Å². The molecule has 0 aromatic carbocycles. The number of likely N-dealkylation sites (tertiary alicyclic amines) is 1. The first-order valence-electron chi connectivity index (χ1n) is 6.93. The first kappa shape index (κ1) is 13.0. The highest BCUT2D eigenvalue weighted by molar-refractivity contribution is 4.95. The van der Waals surface area contributed by atoms with Crippen molar-refractivity contribution in [1.29, 1.82) is 0 Å². The zero-order valence-electron chi connectivity index (χ0n) is 11.3. The van der Waals surface area contributed by atoms with Crippen LogP contribution >= 0.6 is 0 Å². The van der Waals surface area contributed by atoms with Crippen LogP contribution in [0.1, 0.15) is 60.3 Å². The average Bonchev–Trinajstić information content (AvgIpc) is 2.44. The zero-order chi connectivity index (χ0) is 11.4. The number of hydrogen-bond donors (Lipinski definition) is 0. The molecule has 90 valence electrons. The summed E-state index contributed by atoms with van der Waals surface area (Å²) in [7, 11) is 0. The third kappa shape index (κ3) is 2.55. The van der Waals surface area contributed by atoms with E-state index in [-0.39, 0.29) is 0 Å². The minimum absolute atomic E-state index is 0.795. The van der Waals surface area contributed by atoms with Crippen LogP contribution in [0.5, 0.6) is 0 Å². The molecule has 1 nitrogen and oxygen atoms in total. The largest absolute Gasteiger partial charge is 0.297 e. The van der Waals surface area contributed by atoms with Crippen molar-refractivity contribution in [3.05, 3.63) is 0 Å². The van der Waals surface area contributed by atoms with Gasteiger partial charge in [0.15, 0.2) is 0 Å². The number of hydrogen-bond acceptors (Lipinski definition) is 1. The Bertz CT molecular complexity index is 178. The van der Waals surface area contributed by atoms with Crippen LogP contribution in [0, 0.1) is 11.8 Å². The normalized spacial score (nSPS) is 37.4. The maximum Gasteiger partial charge on any atom is 0.0129 e. The van der Waals surface area contributed by atoms with Crippen molar-refractivity contribution >= 4 is 0 Å². The molecule has 4 atom stereocenters. The summed E-state index contributed by atoms with van der Waals surface area (Å²) in [5.74, 6) is 1.84. The van der Waals surface area contributed by atoms with Crippen molar-refractivity contribution in [2.24, 2.45) is 11.8 Å². The van der Waals surface area contributed by atoms with Crippen LogP contribution in [0.4, 0.5) is 0 Å². The Morgan fingerprint density at radius 3 is 2.00 bits per heavy atom. The molecule has 0 radical (unpaired) electrons. The molecule has 1 aliphatic heterocycles. The molecule has 1 rings (SSSR count). The summed E-state index contributed by atoms with van der Waals surface area (Å²) in [6.45, 7) is 13.1. The standard InChI is InChI=1S/C14H29N/c1-6-9-13-11(4)12(5)15(8-3)14(13)10-7-2/h11-14H,6-10H2,1-5H3. The van der Waals surface area contributed by atoms with E-state index in [1.165, 1.54) is 32.2 Å². The molecular weight excluding hydrogens is 182 g/mol. The lowest BCUT2D eigenvalue weighted by Gasteiger charge is -2.29. The Balaban J connectivity index is 2.74. The minimum atomic E-state index is 0.795. The summed E-state index contributed by atoms with van der Waals surface area (Å²) in [6.07, 6.45) is 5.50. The van der Waals surface area contributed by atoms with Crippen LogP contribution < -0.4 is 0 Å². The first-order valence-corrected chi connectivity index (χ1v) is 6.93. The Hall–Kier alpha value is -0.0400. The Labute approximate surface area is 96.2 Å². The molecule has 0 N–H and O–H groups in total. The predicted molar refractivity (Wildman–Crippen MR) is 68.1 cm³/mol. The van der Waals surface area contributed by atoms with Crippen LogP contribution in [0.3, 0.4) is 0 Å². The van der Waals surface area contributed by atoms with Gasteiger partial charge in [-0.25, -0.2) is 0 Å². The zero-order valence-corrected chi connectivity index (χ0v) is 11.3. The van der Waals surface area contributed by atoms with Crippen molar-refractivity contribution in [1.82, 2.24) is 4.90 Å². The van der Waals surface area contributed by atoms with E-state index >= 15 is 0 Å². The molecule has 1 heterocycles. The highest BCUT2D eigenvalue weighted by atomic mass is 15.2. The quantitative estimate of drug-likeness (QED) is 0.666. The van der Waals surface area contributed by atoms with Gasteiger partial charge in [-0.2, -0.15) is 0 Å². The molecule has 0 amide bonds. The van der Waals surface area contributed by atoms with Gasteiger partial charge in [0.05, 0.1) is 0 Å². The number of nitrogens with zero attached hydrogens (tertiary/aromatic N) is 1. The lowest BCUT2D eigenvalue weighted by molar-refractivity contribution is 0.183. The molecule has 1 fully saturated rings. The Morgan fingerprint density at radius 2 is 1.53 bits per heavy atom. The van der Waals surface area contributed by atoms with Crippen LogP contribution in [0.15, 0.2) is 0 Å². The molecule has 1 heteroatoms. The molecule has 0 aromatic heterocycles. The lowest BCUT2D eigenvalue weighted by Crippen LogP contribution is -2.36. The van der Waals surface area contributed by atoms with Crippen LogP contribution in [0.2, 0.25) is 0 Å². The topological polar surface area (TPSA) is 3.24 Å². The van der Waals surface area contributed by atoms with Gasteiger partial charge in [-0.05, 0) is 38.1 Å². The van der Waals surface area contributed by atoms with Gasteiger partial charge in [0, 0.05) is 12.1 Å². The van der Waals surface area contributed by atoms with Crippen molar-refractivity contribution in [3.63, 3.8) is 0 Å². The summed E-state index contributed by atoms with van der Waals surface area (Å²) in [5.41, 5.74) is 0. The van der Waals surface area contributed by atoms with Crippen LogP contribution in [-0.2, 0) is 0 Å². The van der Waals surface area contributed by atoms with Gasteiger partial charge >= 0.3 is 0 Å². The third-order valence-electron chi connectivity index (χ3n) is 4.45. The Kier molecular flexibility index (Phi) is 5.11. The highest BCUT2D eigenvalue weighted by Gasteiger charge is 2.41. The van der Waals surface area contributed by atoms with E-state index in [1.54, 1.807) is 0 Å². The molecule has 0 aromatic rings. The van der Waals surface area contributed by atoms with Crippen LogP contribution in [0.25, 0.3) is 0 Å². The molecule has 15 heavy (non-hydrogen) atoms. The van der Waals surface area contributed by atoms with E-state index in [0.29, 0.717) is 0 Å². The minimum Gasteiger partial charge on any atom is -0.297 e. The maximum atomic E-state index is 2.74. The fourth-order valence-corrected chi connectivity index (χ4v) is 3.54. The third-order valence-corrected chi connectivity index (χ3v) is 4.45. The SMILES string of the molecule is CCCC1C(C)C(C)N(CC)C1CCC. The van der Waals surface area contributed by atoms with Gasteiger partial charge in [-0.15, -0.1) is 0 Å². The fraction of sp³-hybridized carbons (Fsp3) is 1.00. The van der Waals surface area contributed by atoms with Crippen molar-refractivity contribution in [3.8, 4) is 0 Å². The average molecular weight is 211 g/mol. The predicted octanol–water partition coefficient (Wildman–Crippen LogP) is 3.93. The summed E-state index contributed by atoms with van der Waals surface area (Å²) in [5, 5.41) is 0. The fourth-order valence-electron chi connectivity index (χ4n) is 3.54. The van der Waals surface area contributed by atoms with Gasteiger partial charge < -0.3 is 0 Å². The highest BCUT2D eigenvalue weighted by Crippen LogP contribution is 2.39. The summed E-state index contributed by atoms with van der Waals surface area (Å²) in [4.78, 5) is 2.74. The van der Waals surface area contributed by atoms with Crippen molar-refractivity contribution < 1.29 is 0 Å². The second-order valence-corrected chi connectivity index (χ2v) is 5.24. The maximum absolute atomic E-state index is 2.74. The van der Waals surface area contributed by atoms with Crippen LogP contribution in [-0.4, -0.2) is 23.5 Å². The van der Waals surface area contributed by atoms with E-state index in [9.17, 15) is 0 Å². The molecule has 0 bridgehead atoms. The van der Waals surface area contributed by atoms with E-state index < -0.39 is 0 Å². The molecule has 0 spiro atoms. The van der Waals surface area contributed by atoms with Gasteiger partial charge in [0.1, 0.15) is 0 Å². The molecule has 1 aliphatic rings. The first-order chi connectivity index (χ1) is 7.17. The summed E-state index contributed by atoms with van der Waals surface area (Å²) >= 11 is 0. The molecule has 0 saturated carbocycles. The molecule has 4 unspecified atom stereocenters. The lowest BCUT2D eigenvalue weighted by atomic mass is 9.84. The van der Waals surface area contributed by atoms with Crippen molar-refractivity contribution in [2.75, 3.05) is 6.54 Å². The van der Waals surface area contributed by atoms with Gasteiger partial charge in [-0.1, -0.05) is 40.5 Å². The molecular formula is C14H29N. The van der Waals surface area contributed by atoms with E-state index in [4.69, 9.17) is 0 Å². The van der Waals surface area contributed by atoms with E-state index in [1.807, 2.05) is 0 Å². The van der Waals surface area contributed by atoms with Gasteiger partial charge in [0.25, 0.3) is 0 Å². The van der Waals surface area contributed by atoms with E-state index in [0.717, 1.165) is 23.9 Å².